The molecular formula is C28H46O5S. The molecule has 2 rings (SSSR count). The van der Waals surface area contributed by atoms with E-state index in [1.165, 1.54) is 5.56 Å². The summed E-state index contributed by atoms with van der Waals surface area (Å²) in [6.07, 6.45) is 9.25. The molecule has 0 bridgehead atoms. The standard InChI is InChI=1S/C28H46O5S/c1-6-32-25-18-23(19-26(20-25)33-7-2)12-10-8-9-11-13-27(29)24-16-14-22(15-17-24)21-34(30,31)28(3,4)5/h18-20,22,24H,6-17,21H2,1-5H3. The van der Waals surface area contributed by atoms with Crippen molar-refractivity contribution in [3.05, 3.63) is 23.8 Å². The van der Waals surface area contributed by atoms with Gasteiger partial charge in [-0.3, -0.25) is 4.79 Å². The molecule has 6 heteroatoms. The number of sulfone groups is 1. The third kappa shape index (κ3) is 9.24. The van der Waals surface area contributed by atoms with E-state index in [1.807, 2.05) is 19.9 Å². The Morgan fingerprint density at radius 2 is 1.44 bits per heavy atom. The summed E-state index contributed by atoms with van der Waals surface area (Å²) in [5.74, 6) is 2.70. The van der Waals surface area contributed by atoms with Gasteiger partial charge < -0.3 is 9.47 Å². The van der Waals surface area contributed by atoms with Crippen LogP contribution in [-0.4, -0.2) is 37.9 Å². The highest BCUT2D eigenvalue weighted by Crippen LogP contribution is 2.33. The fraction of sp³-hybridized carbons (Fsp3) is 0.750. The van der Waals surface area contributed by atoms with E-state index in [0.717, 1.165) is 69.3 Å². The molecule has 1 fully saturated rings. The highest BCUT2D eigenvalue weighted by molar-refractivity contribution is 7.92. The molecule has 0 atom stereocenters. The zero-order chi connectivity index (χ0) is 25.2. The smallest absolute Gasteiger partial charge is 0.155 e. The molecule has 34 heavy (non-hydrogen) atoms. The third-order valence-corrected chi connectivity index (χ3v) is 9.67. The predicted molar refractivity (Wildman–Crippen MR) is 140 cm³/mol. The number of carbonyl (C=O) groups excluding carboxylic acids is 1. The summed E-state index contributed by atoms with van der Waals surface area (Å²) in [4.78, 5) is 12.7. The van der Waals surface area contributed by atoms with Gasteiger partial charge in [-0.1, -0.05) is 12.8 Å². The van der Waals surface area contributed by atoms with Crippen molar-refractivity contribution in [1.29, 1.82) is 0 Å². The number of carbonyl (C=O) groups is 1. The van der Waals surface area contributed by atoms with Crippen LogP contribution in [-0.2, 0) is 21.1 Å². The molecule has 1 aliphatic rings. The van der Waals surface area contributed by atoms with Crippen molar-refractivity contribution in [2.24, 2.45) is 11.8 Å². The maximum absolute atomic E-state index is 12.7. The number of rotatable bonds is 14. The number of aryl methyl sites for hydroxylation is 1. The van der Waals surface area contributed by atoms with E-state index in [4.69, 9.17) is 9.47 Å². The van der Waals surface area contributed by atoms with Gasteiger partial charge in [0.2, 0.25) is 0 Å². The zero-order valence-corrected chi connectivity index (χ0v) is 22.8. The van der Waals surface area contributed by atoms with Crippen molar-refractivity contribution < 1.29 is 22.7 Å². The lowest BCUT2D eigenvalue weighted by atomic mass is 9.80. The summed E-state index contributed by atoms with van der Waals surface area (Å²) in [5, 5.41) is 0. The van der Waals surface area contributed by atoms with Crippen molar-refractivity contribution in [1.82, 2.24) is 0 Å². The highest BCUT2D eigenvalue weighted by atomic mass is 32.2. The molecule has 0 unspecified atom stereocenters. The van der Waals surface area contributed by atoms with Crippen LogP contribution in [0.15, 0.2) is 18.2 Å². The molecule has 0 radical (unpaired) electrons. The second-order valence-corrected chi connectivity index (χ2v) is 13.5. The number of hydrogen-bond acceptors (Lipinski definition) is 5. The molecule has 1 aliphatic carbocycles. The van der Waals surface area contributed by atoms with E-state index < -0.39 is 14.6 Å². The molecule has 0 spiro atoms. The van der Waals surface area contributed by atoms with E-state index >= 15 is 0 Å². The minimum Gasteiger partial charge on any atom is -0.494 e. The molecule has 194 valence electrons. The maximum atomic E-state index is 12.7. The highest BCUT2D eigenvalue weighted by Gasteiger charge is 2.34. The minimum atomic E-state index is -3.09. The Hall–Kier alpha value is -1.56. The Morgan fingerprint density at radius 3 is 1.97 bits per heavy atom. The molecule has 0 aliphatic heterocycles. The second kappa shape index (κ2) is 13.5. The van der Waals surface area contributed by atoms with Crippen LogP contribution in [0.2, 0.25) is 0 Å². The van der Waals surface area contributed by atoms with Gasteiger partial charge in [-0.05, 0) is 103 Å². The van der Waals surface area contributed by atoms with E-state index in [0.29, 0.717) is 25.4 Å². The lowest BCUT2D eigenvalue weighted by molar-refractivity contribution is -0.124. The number of hydrogen-bond donors (Lipinski definition) is 0. The Morgan fingerprint density at radius 1 is 0.882 bits per heavy atom. The molecule has 1 aromatic rings. The van der Waals surface area contributed by atoms with Crippen molar-refractivity contribution in [3.63, 3.8) is 0 Å². The minimum absolute atomic E-state index is 0.131. The third-order valence-electron chi connectivity index (χ3n) is 6.89. The molecule has 0 N–H and O–H groups in total. The SMILES string of the molecule is CCOc1cc(CCCCCCC(=O)C2CCC(CS(=O)(=O)C(C)(C)C)CC2)cc(OCC)c1. The van der Waals surface area contributed by atoms with Gasteiger partial charge >= 0.3 is 0 Å². The van der Waals surface area contributed by atoms with E-state index in [2.05, 4.69) is 12.1 Å². The lowest BCUT2D eigenvalue weighted by Gasteiger charge is -2.30. The largest absolute Gasteiger partial charge is 0.494 e. The summed E-state index contributed by atoms with van der Waals surface area (Å²) < 4.78 is 35.6. The maximum Gasteiger partial charge on any atom is 0.155 e. The van der Waals surface area contributed by atoms with Crippen LogP contribution < -0.4 is 9.47 Å². The molecule has 1 aromatic carbocycles. The van der Waals surface area contributed by atoms with Crippen LogP contribution in [0, 0.1) is 11.8 Å². The topological polar surface area (TPSA) is 69.7 Å². The molecule has 0 saturated heterocycles. The van der Waals surface area contributed by atoms with Gasteiger partial charge in [0.15, 0.2) is 9.84 Å². The van der Waals surface area contributed by atoms with Gasteiger partial charge in [0.25, 0.3) is 0 Å². The first-order valence-corrected chi connectivity index (χ1v) is 14.9. The first-order valence-electron chi connectivity index (χ1n) is 13.2. The van der Waals surface area contributed by atoms with Crippen LogP contribution >= 0.6 is 0 Å². The first-order chi connectivity index (χ1) is 16.1. The van der Waals surface area contributed by atoms with E-state index in [1.54, 1.807) is 20.8 Å². The van der Waals surface area contributed by atoms with Crippen LogP contribution in [0.4, 0.5) is 0 Å². The summed E-state index contributed by atoms with van der Waals surface area (Å²) in [5.41, 5.74) is 1.23. The molecule has 5 nitrogen and oxygen atoms in total. The average molecular weight is 495 g/mol. The van der Waals surface area contributed by atoms with Gasteiger partial charge in [-0.25, -0.2) is 8.42 Å². The molecular weight excluding hydrogens is 448 g/mol. The fourth-order valence-corrected chi connectivity index (χ4v) is 6.13. The van der Waals surface area contributed by atoms with Crippen molar-refractivity contribution >= 4 is 15.6 Å². The van der Waals surface area contributed by atoms with Gasteiger partial charge in [-0.15, -0.1) is 0 Å². The molecule has 0 aromatic heterocycles. The predicted octanol–water partition coefficient (Wildman–Crippen LogP) is 6.57. The summed E-state index contributed by atoms with van der Waals surface area (Å²) in [6, 6.07) is 6.14. The average Bonchev–Trinajstić information content (AvgIpc) is 2.76. The summed E-state index contributed by atoms with van der Waals surface area (Å²) in [6.45, 7) is 10.6. The molecule has 0 amide bonds. The quantitative estimate of drug-likeness (QED) is 0.274. The van der Waals surface area contributed by atoms with Gasteiger partial charge in [0.1, 0.15) is 17.3 Å². The van der Waals surface area contributed by atoms with E-state index in [9.17, 15) is 13.2 Å². The van der Waals surface area contributed by atoms with Crippen molar-refractivity contribution in [3.8, 4) is 11.5 Å². The van der Waals surface area contributed by atoms with Gasteiger partial charge in [0, 0.05) is 18.4 Å². The van der Waals surface area contributed by atoms with Crippen LogP contribution in [0.3, 0.4) is 0 Å². The zero-order valence-electron chi connectivity index (χ0n) is 22.0. The second-order valence-electron chi connectivity index (χ2n) is 10.7. The van der Waals surface area contributed by atoms with Crippen LogP contribution in [0.5, 0.6) is 11.5 Å². The number of Topliss-reactive ketones (excluding diaryl/α,β-unsaturated/α-hetero) is 1. The van der Waals surface area contributed by atoms with Crippen LogP contribution in [0.1, 0.15) is 98.0 Å². The number of ether oxygens (including phenoxy) is 2. The van der Waals surface area contributed by atoms with E-state index in [-0.39, 0.29) is 17.6 Å². The Kier molecular flexibility index (Phi) is 11.4. The van der Waals surface area contributed by atoms with Crippen LogP contribution in [0.25, 0.3) is 0 Å². The normalized spacial score (nSPS) is 19.1. The molecule has 1 saturated carbocycles. The Balaban J connectivity index is 1.65. The molecule has 0 heterocycles. The van der Waals surface area contributed by atoms with Crippen molar-refractivity contribution in [2.45, 2.75) is 104 Å². The lowest BCUT2D eigenvalue weighted by Crippen LogP contribution is -2.35. The first kappa shape index (κ1) is 28.7. The number of unbranched alkanes of at least 4 members (excludes halogenated alkanes) is 3. The Bertz CT molecular complexity index is 837. The summed E-state index contributed by atoms with van der Waals surface area (Å²) in [7, 11) is -3.09. The summed E-state index contributed by atoms with van der Waals surface area (Å²) >= 11 is 0. The van der Waals surface area contributed by atoms with Crippen molar-refractivity contribution in [2.75, 3.05) is 19.0 Å². The monoisotopic (exact) mass is 494 g/mol. The fourth-order valence-electron chi connectivity index (χ4n) is 4.67. The Labute approximate surface area is 207 Å². The van der Waals surface area contributed by atoms with Gasteiger partial charge in [0.05, 0.1) is 23.7 Å². The number of benzene rings is 1. The van der Waals surface area contributed by atoms with Gasteiger partial charge in [-0.2, -0.15) is 0 Å². The number of ketones is 1.